The van der Waals surface area contributed by atoms with Gasteiger partial charge in [-0.2, -0.15) is 0 Å². The number of imidazole rings is 1. The molecule has 0 spiro atoms. The molecule has 1 amide bonds. The Kier molecular flexibility index (Phi) is 6.70. The van der Waals surface area contributed by atoms with Gasteiger partial charge in [0.15, 0.2) is 0 Å². The highest BCUT2D eigenvalue weighted by atomic mass is 16.3. The van der Waals surface area contributed by atoms with Gasteiger partial charge in [-0.05, 0) is 41.0 Å². The van der Waals surface area contributed by atoms with E-state index in [-0.39, 0.29) is 16.7 Å². The Hall–Kier alpha value is -2.56. The van der Waals surface area contributed by atoms with Crippen LogP contribution in [0.2, 0.25) is 0 Å². The fourth-order valence-electron chi connectivity index (χ4n) is 3.02. The molecule has 0 aliphatic heterocycles. The van der Waals surface area contributed by atoms with E-state index in [4.69, 9.17) is 0 Å². The summed E-state index contributed by atoms with van der Waals surface area (Å²) in [5, 5.41) is 13.7. The fourth-order valence-corrected chi connectivity index (χ4v) is 3.02. The molecule has 152 valence electrons. The van der Waals surface area contributed by atoms with E-state index in [1.165, 1.54) is 0 Å². The van der Waals surface area contributed by atoms with Crippen LogP contribution in [0, 0.1) is 0 Å². The molecule has 5 heteroatoms. The van der Waals surface area contributed by atoms with Crippen molar-refractivity contribution < 1.29 is 9.90 Å². The largest absolute Gasteiger partial charge is 0.507 e. The van der Waals surface area contributed by atoms with Gasteiger partial charge in [0.05, 0.1) is 6.33 Å². The van der Waals surface area contributed by atoms with Gasteiger partial charge in [0.25, 0.3) is 0 Å². The van der Waals surface area contributed by atoms with Crippen LogP contribution in [0.3, 0.4) is 0 Å². The van der Waals surface area contributed by atoms with Crippen molar-refractivity contribution >= 4 is 12.0 Å². The van der Waals surface area contributed by atoms with Crippen molar-refractivity contribution in [3.05, 3.63) is 53.6 Å². The van der Waals surface area contributed by atoms with Gasteiger partial charge in [0.2, 0.25) is 5.91 Å². The molecule has 0 saturated carbocycles. The molecule has 0 atom stereocenters. The van der Waals surface area contributed by atoms with Gasteiger partial charge in [-0.25, -0.2) is 4.98 Å². The second kappa shape index (κ2) is 8.63. The number of nitrogens with one attached hydrogen (secondary N) is 1. The van der Waals surface area contributed by atoms with Gasteiger partial charge in [-0.1, -0.05) is 41.5 Å². The van der Waals surface area contributed by atoms with Crippen LogP contribution in [0.25, 0.3) is 6.08 Å². The Labute approximate surface area is 168 Å². The van der Waals surface area contributed by atoms with Gasteiger partial charge >= 0.3 is 0 Å². The Bertz CT molecular complexity index is 788. The smallest absolute Gasteiger partial charge is 0.244 e. The van der Waals surface area contributed by atoms with Crippen LogP contribution in [0.4, 0.5) is 0 Å². The first-order valence-electron chi connectivity index (χ1n) is 9.78. The molecule has 0 unspecified atom stereocenters. The Morgan fingerprint density at radius 2 is 1.75 bits per heavy atom. The van der Waals surface area contributed by atoms with Crippen molar-refractivity contribution in [3.8, 4) is 5.75 Å². The van der Waals surface area contributed by atoms with E-state index < -0.39 is 0 Å². The second-order valence-electron chi connectivity index (χ2n) is 9.24. The number of rotatable bonds is 6. The normalized spacial score (nSPS) is 12.5. The molecule has 1 aromatic carbocycles. The molecule has 0 aliphatic rings. The lowest BCUT2D eigenvalue weighted by Gasteiger charge is -2.27. The third-order valence-electron chi connectivity index (χ3n) is 4.63. The third kappa shape index (κ3) is 5.98. The van der Waals surface area contributed by atoms with Crippen LogP contribution in [-0.2, 0) is 22.2 Å². The first-order chi connectivity index (χ1) is 13.0. The van der Waals surface area contributed by atoms with Crippen molar-refractivity contribution in [1.82, 2.24) is 14.9 Å². The zero-order chi connectivity index (χ0) is 20.9. The van der Waals surface area contributed by atoms with Gasteiger partial charge in [0.1, 0.15) is 5.75 Å². The monoisotopic (exact) mass is 383 g/mol. The summed E-state index contributed by atoms with van der Waals surface area (Å²) in [4.78, 5) is 16.1. The van der Waals surface area contributed by atoms with Crippen molar-refractivity contribution in [3.63, 3.8) is 0 Å². The topological polar surface area (TPSA) is 67.2 Å². The number of aromatic nitrogens is 2. The molecule has 0 saturated heterocycles. The molecule has 0 radical (unpaired) electrons. The Morgan fingerprint density at radius 1 is 1.14 bits per heavy atom. The number of aromatic hydroxyl groups is 1. The maximum atomic E-state index is 12.1. The molecular formula is C23H33N3O2. The summed E-state index contributed by atoms with van der Waals surface area (Å²) >= 11 is 0. The first-order valence-corrected chi connectivity index (χ1v) is 9.78. The van der Waals surface area contributed by atoms with Gasteiger partial charge < -0.3 is 15.0 Å². The molecule has 1 aromatic heterocycles. The summed E-state index contributed by atoms with van der Waals surface area (Å²) in [6.45, 7) is 13.9. The van der Waals surface area contributed by atoms with Crippen LogP contribution >= 0.6 is 0 Å². The maximum absolute atomic E-state index is 12.1. The third-order valence-corrected chi connectivity index (χ3v) is 4.63. The highest BCUT2D eigenvalue weighted by molar-refractivity contribution is 5.91. The van der Waals surface area contributed by atoms with Crippen LogP contribution < -0.4 is 5.32 Å². The maximum Gasteiger partial charge on any atom is 0.244 e. The summed E-state index contributed by atoms with van der Waals surface area (Å²) in [7, 11) is 0. The average molecular weight is 384 g/mol. The molecule has 0 bridgehead atoms. The van der Waals surface area contributed by atoms with E-state index in [9.17, 15) is 9.90 Å². The molecule has 0 fully saturated rings. The second-order valence-corrected chi connectivity index (χ2v) is 9.24. The number of phenolic OH excluding ortho intramolecular Hbond substituents is 1. The summed E-state index contributed by atoms with van der Waals surface area (Å²) < 4.78 is 1.99. The van der Waals surface area contributed by atoms with E-state index in [2.05, 4.69) is 51.8 Å². The first kappa shape index (κ1) is 21.7. The summed E-state index contributed by atoms with van der Waals surface area (Å²) in [6, 6.07) is 3.93. The lowest BCUT2D eigenvalue weighted by molar-refractivity contribution is -0.116. The van der Waals surface area contributed by atoms with E-state index in [1.54, 1.807) is 18.6 Å². The van der Waals surface area contributed by atoms with Crippen molar-refractivity contribution in [1.29, 1.82) is 0 Å². The molecule has 1 heterocycles. The van der Waals surface area contributed by atoms with Crippen LogP contribution in [0.5, 0.6) is 5.75 Å². The SMILES string of the molecule is CC(C)(C)c1cc(/C=C/C(=O)NCCCn2ccnc2)cc(C(C)(C)C)c1O. The van der Waals surface area contributed by atoms with Gasteiger partial charge in [0, 0.05) is 42.7 Å². The Morgan fingerprint density at radius 3 is 2.25 bits per heavy atom. The van der Waals surface area contributed by atoms with Crippen molar-refractivity contribution in [2.75, 3.05) is 6.54 Å². The average Bonchev–Trinajstić information content (AvgIpc) is 3.09. The molecule has 0 aliphatic carbocycles. The molecule has 28 heavy (non-hydrogen) atoms. The number of amides is 1. The number of carbonyl (C=O) groups is 1. The van der Waals surface area contributed by atoms with Crippen LogP contribution in [0.1, 0.15) is 64.7 Å². The number of benzene rings is 1. The molecule has 5 nitrogen and oxygen atoms in total. The lowest BCUT2D eigenvalue weighted by Crippen LogP contribution is -2.23. The predicted molar refractivity (Wildman–Crippen MR) is 114 cm³/mol. The highest BCUT2D eigenvalue weighted by Crippen LogP contribution is 2.39. The van der Waals surface area contributed by atoms with E-state index in [0.717, 1.165) is 29.7 Å². The number of hydrogen-bond acceptors (Lipinski definition) is 3. The zero-order valence-corrected chi connectivity index (χ0v) is 17.9. The number of nitrogens with zero attached hydrogens (tertiary/aromatic N) is 2. The molecule has 2 rings (SSSR count). The minimum atomic E-state index is -0.191. The van der Waals surface area contributed by atoms with E-state index in [1.807, 2.05) is 29.0 Å². The predicted octanol–water partition coefficient (Wildman–Crippen LogP) is 4.40. The molecular weight excluding hydrogens is 350 g/mol. The lowest BCUT2D eigenvalue weighted by atomic mass is 9.78. The van der Waals surface area contributed by atoms with E-state index >= 15 is 0 Å². The van der Waals surface area contributed by atoms with Crippen LogP contribution in [-0.4, -0.2) is 27.1 Å². The quantitative estimate of drug-likeness (QED) is 0.574. The van der Waals surface area contributed by atoms with Gasteiger partial charge in [-0.15, -0.1) is 0 Å². The summed E-state index contributed by atoms with van der Waals surface area (Å²) in [5.41, 5.74) is 2.31. The number of phenols is 1. The molecule has 2 aromatic rings. The summed E-state index contributed by atoms with van der Waals surface area (Å²) in [6.07, 6.45) is 9.64. The van der Waals surface area contributed by atoms with Crippen molar-refractivity contribution in [2.45, 2.75) is 65.3 Å². The summed E-state index contributed by atoms with van der Waals surface area (Å²) in [5.74, 6) is 0.231. The highest BCUT2D eigenvalue weighted by Gasteiger charge is 2.26. The standard InChI is InChI=1S/C23H33N3O2/c1-22(2,3)18-14-17(15-19(21(18)28)23(4,5)6)8-9-20(27)25-10-7-12-26-13-11-24-16-26/h8-9,11,13-16,28H,7,10,12H2,1-6H3,(H,25,27)/b9-8+. The van der Waals surface area contributed by atoms with Crippen LogP contribution in [0.15, 0.2) is 36.9 Å². The minimum absolute atomic E-state index is 0.117. The van der Waals surface area contributed by atoms with E-state index in [0.29, 0.717) is 12.3 Å². The van der Waals surface area contributed by atoms with Gasteiger partial charge in [-0.3, -0.25) is 4.79 Å². The zero-order valence-electron chi connectivity index (χ0n) is 17.9. The number of carbonyl (C=O) groups excluding carboxylic acids is 1. The fraction of sp³-hybridized carbons (Fsp3) is 0.478. The minimum Gasteiger partial charge on any atom is -0.507 e. The number of aryl methyl sites for hydroxylation is 1. The molecule has 2 N–H and O–H groups in total. The number of hydrogen-bond donors (Lipinski definition) is 2. The Balaban J connectivity index is 2.08. The van der Waals surface area contributed by atoms with Crippen molar-refractivity contribution in [2.24, 2.45) is 0 Å².